The SMILES string of the molecule is COc1cc(OC)c(C(=O)N[C@H](C=O)CCCCN)cc1C=O. The van der Waals surface area contributed by atoms with E-state index in [1.165, 1.54) is 26.4 Å². The van der Waals surface area contributed by atoms with Gasteiger partial charge in [0.25, 0.3) is 5.91 Å². The standard InChI is InChI=1S/C16H22N2O5/c1-22-14-8-15(23-2)13(7-11(14)9-19)16(21)18-12(10-20)5-3-4-6-17/h7-10,12H,3-6,17H2,1-2H3,(H,18,21)/t12-/m0/s1. The first-order valence-corrected chi connectivity index (χ1v) is 7.28. The molecule has 7 nitrogen and oxygen atoms in total. The number of carbonyl (C=O) groups is 3. The Hall–Kier alpha value is -2.41. The van der Waals surface area contributed by atoms with Crippen LogP contribution in [0.15, 0.2) is 12.1 Å². The lowest BCUT2D eigenvalue weighted by Crippen LogP contribution is -2.36. The fraction of sp³-hybridized carbons (Fsp3) is 0.438. The molecule has 1 amide bonds. The molecule has 1 atom stereocenters. The summed E-state index contributed by atoms with van der Waals surface area (Å²) in [5, 5.41) is 2.62. The summed E-state index contributed by atoms with van der Waals surface area (Å²) in [5.41, 5.74) is 5.80. The van der Waals surface area contributed by atoms with Gasteiger partial charge in [0.05, 0.1) is 31.4 Å². The van der Waals surface area contributed by atoms with Crippen molar-refractivity contribution in [1.82, 2.24) is 5.32 Å². The normalized spacial score (nSPS) is 11.4. The molecule has 1 aromatic carbocycles. The summed E-state index contributed by atoms with van der Waals surface area (Å²) in [6.07, 6.45) is 3.30. The molecule has 0 radical (unpaired) electrons. The van der Waals surface area contributed by atoms with E-state index in [2.05, 4.69) is 5.32 Å². The van der Waals surface area contributed by atoms with Gasteiger partial charge in [-0.1, -0.05) is 0 Å². The third-order valence-corrected chi connectivity index (χ3v) is 3.37. The molecule has 0 fully saturated rings. The zero-order valence-corrected chi connectivity index (χ0v) is 13.3. The van der Waals surface area contributed by atoms with Crippen molar-refractivity contribution < 1.29 is 23.9 Å². The van der Waals surface area contributed by atoms with E-state index < -0.39 is 11.9 Å². The van der Waals surface area contributed by atoms with Crippen LogP contribution in [0.3, 0.4) is 0 Å². The van der Waals surface area contributed by atoms with Gasteiger partial charge in [-0.2, -0.15) is 0 Å². The number of carbonyl (C=O) groups excluding carboxylic acids is 3. The predicted molar refractivity (Wildman–Crippen MR) is 85.2 cm³/mol. The van der Waals surface area contributed by atoms with E-state index in [1.807, 2.05) is 0 Å². The minimum atomic E-state index is -0.611. The highest BCUT2D eigenvalue weighted by Crippen LogP contribution is 2.28. The maximum atomic E-state index is 12.4. The van der Waals surface area contributed by atoms with Crippen molar-refractivity contribution in [3.05, 3.63) is 23.3 Å². The lowest BCUT2D eigenvalue weighted by atomic mass is 10.1. The molecule has 1 aromatic rings. The van der Waals surface area contributed by atoms with E-state index in [4.69, 9.17) is 15.2 Å². The van der Waals surface area contributed by atoms with Crippen LogP contribution < -0.4 is 20.5 Å². The highest BCUT2D eigenvalue weighted by Gasteiger charge is 2.19. The molecular formula is C16H22N2O5. The summed E-state index contributed by atoms with van der Waals surface area (Å²) in [5.74, 6) is 0.0808. The molecule has 0 saturated heterocycles. The highest BCUT2D eigenvalue weighted by molar-refractivity contribution is 6.00. The smallest absolute Gasteiger partial charge is 0.255 e. The molecule has 3 N–H and O–H groups in total. The molecule has 0 unspecified atom stereocenters. The summed E-state index contributed by atoms with van der Waals surface area (Å²) in [7, 11) is 2.83. The van der Waals surface area contributed by atoms with Crippen molar-refractivity contribution in [3.8, 4) is 11.5 Å². The van der Waals surface area contributed by atoms with Gasteiger partial charge in [-0.05, 0) is 31.9 Å². The Bertz CT molecular complexity index is 560. The Morgan fingerprint density at radius 1 is 1.22 bits per heavy atom. The molecule has 23 heavy (non-hydrogen) atoms. The Labute approximate surface area is 135 Å². The Balaban J connectivity index is 2.97. The lowest BCUT2D eigenvalue weighted by molar-refractivity contribution is -0.109. The van der Waals surface area contributed by atoms with E-state index in [0.29, 0.717) is 31.3 Å². The van der Waals surface area contributed by atoms with Crippen LogP contribution in [-0.4, -0.2) is 45.3 Å². The average Bonchev–Trinajstić information content (AvgIpc) is 2.59. The van der Waals surface area contributed by atoms with Crippen molar-refractivity contribution in [1.29, 1.82) is 0 Å². The quantitative estimate of drug-likeness (QED) is 0.490. The monoisotopic (exact) mass is 322 g/mol. The van der Waals surface area contributed by atoms with Crippen LogP contribution in [0.25, 0.3) is 0 Å². The number of unbranched alkanes of at least 4 members (excludes halogenated alkanes) is 1. The van der Waals surface area contributed by atoms with E-state index in [9.17, 15) is 14.4 Å². The number of rotatable bonds is 10. The second-order valence-corrected chi connectivity index (χ2v) is 4.91. The summed E-state index contributed by atoms with van der Waals surface area (Å²) < 4.78 is 10.2. The fourth-order valence-electron chi connectivity index (χ4n) is 2.12. The minimum Gasteiger partial charge on any atom is -0.496 e. The molecule has 0 aromatic heterocycles. The Morgan fingerprint density at radius 3 is 2.43 bits per heavy atom. The van der Waals surface area contributed by atoms with Crippen LogP contribution in [0.4, 0.5) is 0 Å². The number of benzene rings is 1. The number of hydrogen-bond donors (Lipinski definition) is 2. The summed E-state index contributed by atoms with van der Waals surface area (Å²) in [4.78, 5) is 34.5. The van der Waals surface area contributed by atoms with Crippen molar-refractivity contribution in [2.24, 2.45) is 5.73 Å². The fourth-order valence-corrected chi connectivity index (χ4v) is 2.12. The van der Waals surface area contributed by atoms with Gasteiger partial charge in [0.2, 0.25) is 0 Å². The van der Waals surface area contributed by atoms with Crippen LogP contribution in [0.1, 0.15) is 40.0 Å². The number of nitrogens with one attached hydrogen (secondary N) is 1. The summed E-state index contributed by atoms with van der Waals surface area (Å²) in [6.45, 7) is 0.536. The molecule has 0 aliphatic rings. The number of hydrogen-bond acceptors (Lipinski definition) is 6. The molecule has 126 valence electrons. The third kappa shape index (κ3) is 5.07. The Morgan fingerprint density at radius 2 is 1.91 bits per heavy atom. The second-order valence-electron chi connectivity index (χ2n) is 4.91. The molecular weight excluding hydrogens is 300 g/mol. The van der Waals surface area contributed by atoms with E-state index in [-0.39, 0.29) is 16.9 Å². The maximum Gasteiger partial charge on any atom is 0.255 e. The average molecular weight is 322 g/mol. The maximum absolute atomic E-state index is 12.4. The first-order valence-electron chi connectivity index (χ1n) is 7.28. The number of nitrogens with two attached hydrogens (primary N) is 1. The van der Waals surface area contributed by atoms with Crippen LogP contribution in [0.5, 0.6) is 11.5 Å². The van der Waals surface area contributed by atoms with Gasteiger partial charge in [-0.15, -0.1) is 0 Å². The van der Waals surface area contributed by atoms with Crippen molar-refractivity contribution in [3.63, 3.8) is 0 Å². The van der Waals surface area contributed by atoms with Gasteiger partial charge in [0.1, 0.15) is 17.8 Å². The highest BCUT2D eigenvalue weighted by atomic mass is 16.5. The molecule has 0 spiro atoms. The number of amides is 1. The Kier molecular flexibility index (Phi) is 7.76. The number of aldehydes is 2. The molecule has 0 saturated carbocycles. The first kappa shape index (κ1) is 18.6. The third-order valence-electron chi connectivity index (χ3n) is 3.37. The summed E-state index contributed by atoms with van der Waals surface area (Å²) >= 11 is 0. The van der Waals surface area contributed by atoms with Crippen LogP contribution in [-0.2, 0) is 4.79 Å². The summed E-state index contributed by atoms with van der Waals surface area (Å²) in [6, 6.07) is 2.23. The predicted octanol–water partition coefficient (Wildman–Crippen LogP) is 0.943. The zero-order chi connectivity index (χ0) is 17.2. The van der Waals surface area contributed by atoms with E-state index in [0.717, 1.165) is 12.8 Å². The van der Waals surface area contributed by atoms with Gasteiger partial charge in [-0.3, -0.25) is 9.59 Å². The first-order chi connectivity index (χ1) is 11.1. The van der Waals surface area contributed by atoms with Gasteiger partial charge < -0.3 is 25.3 Å². The largest absolute Gasteiger partial charge is 0.496 e. The molecule has 7 heteroatoms. The minimum absolute atomic E-state index is 0.168. The zero-order valence-electron chi connectivity index (χ0n) is 13.3. The number of ether oxygens (including phenoxy) is 2. The van der Waals surface area contributed by atoms with Crippen LogP contribution >= 0.6 is 0 Å². The molecule has 0 heterocycles. The molecule has 0 aliphatic carbocycles. The van der Waals surface area contributed by atoms with Crippen LogP contribution in [0, 0.1) is 0 Å². The van der Waals surface area contributed by atoms with E-state index >= 15 is 0 Å². The van der Waals surface area contributed by atoms with Crippen molar-refractivity contribution >= 4 is 18.5 Å². The molecule has 0 bridgehead atoms. The van der Waals surface area contributed by atoms with Crippen LogP contribution in [0.2, 0.25) is 0 Å². The van der Waals surface area contributed by atoms with Gasteiger partial charge in [-0.25, -0.2) is 0 Å². The van der Waals surface area contributed by atoms with Crippen molar-refractivity contribution in [2.75, 3.05) is 20.8 Å². The lowest BCUT2D eigenvalue weighted by Gasteiger charge is -2.15. The van der Waals surface area contributed by atoms with Gasteiger partial charge in [0, 0.05) is 6.07 Å². The topological polar surface area (TPSA) is 108 Å². The van der Waals surface area contributed by atoms with Gasteiger partial charge >= 0.3 is 0 Å². The molecule has 0 aliphatic heterocycles. The van der Waals surface area contributed by atoms with Gasteiger partial charge in [0.15, 0.2) is 6.29 Å². The van der Waals surface area contributed by atoms with E-state index in [1.54, 1.807) is 0 Å². The van der Waals surface area contributed by atoms with Crippen molar-refractivity contribution in [2.45, 2.75) is 25.3 Å². The molecule has 1 rings (SSSR count). The number of methoxy groups -OCH3 is 2. The second kappa shape index (κ2) is 9.58.